The Morgan fingerprint density at radius 3 is 1.74 bits per heavy atom. The van der Waals surface area contributed by atoms with Gasteiger partial charge in [0, 0.05) is 0 Å². The van der Waals surface area contributed by atoms with Gasteiger partial charge in [-0.3, -0.25) is 0 Å². The molecule has 0 spiro atoms. The molecule has 2 rings (SSSR count). The number of carbonyl (C=O) groups excluding carboxylic acids is 1. The summed E-state index contributed by atoms with van der Waals surface area (Å²) in [5, 5.41) is 0. The highest BCUT2D eigenvalue weighted by atomic mass is 19.4. The predicted molar refractivity (Wildman–Crippen MR) is 120 cm³/mol. The molecule has 2 N–H and O–H groups in total. The van der Waals surface area contributed by atoms with E-state index in [1.165, 1.54) is 62.4 Å². The molecule has 0 fully saturated rings. The summed E-state index contributed by atoms with van der Waals surface area (Å²) < 4.78 is 73.9. The zero-order chi connectivity index (χ0) is 25.5. The minimum atomic E-state index is -4.41. The number of benzene rings is 2. The van der Waals surface area contributed by atoms with Crippen LogP contribution >= 0.6 is 0 Å². The highest BCUT2D eigenvalue weighted by Crippen LogP contribution is 2.31. The Morgan fingerprint density at radius 2 is 1.21 bits per heavy atom. The fraction of sp³-hybridized carbons (Fsp3) is 0.480. The van der Waals surface area contributed by atoms with Crippen LogP contribution in [0.2, 0.25) is 0 Å². The topological polar surface area (TPSA) is 55.5 Å². The lowest BCUT2D eigenvalue weighted by atomic mass is 10.0. The van der Waals surface area contributed by atoms with Gasteiger partial charge in [-0.2, -0.15) is 31.3 Å². The second-order valence-electron chi connectivity index (χ2n) is 7.82. The van der Waals surface area contributed by atoms with E-state index in [-0.39, 0.29) is 5.69 Å². The first kappa shape index (κ1) is 29.4. The minimum absolute atomic E-state index is 0.0511. The van der Waals surface area contributed by atoms with Crippen molar-refractivity contribution in [2.75, 3.05) is 6.54 Å². The monoisotopic (exact) mass is 488 g/mol. The second-order valence-corrected chi connectivity index (χ2v) is 7.82. The fourth-order valence-corrected chi connectivity index (χ4v) is 3.24. The van der Waals surface area contributed by atoms with Crippen molar-refractivity contribution in [3.63, 3.8) is 0 Å². The number of nitrogens with two attached hydrogens (primary N) is 1. The molecule has 0 radical (unpaired) electrons. The van der Waals surface area contributed by atoms with Crippen molar-refractivity contribution in [3.8, 4) is 0 Å². The average molecular weight is 489 g/mol. The lowest BCUT2D eigenvalue weighted by Gasteiger charge is -2.08. The largest absolute Gasteiger partial charge is 0.416 e. The minimum Gasteiger partial charge on any atom is -0.330 e. The summed E-state index contributed by atoms with van der Waals surface area (Å²) in [5.41, 5.74) is 4.79. The van der Waals surface area contributed by atoms with Crippen molar-refractivity contribution in [2.45, 2.75) is 70.1 Å². The molecule has 3 nitrogen and oxygen atoms in total. The number of isocyanates is 1. The number of hydrogen-bond donors (Lipinski definition) is 1. The molecule has 34 heavy (non-hydrogen) atoms. The Balaban J connectivity index is 0.000000380. The summed E-state index contributed by atoms with van der Waals surface area (Å²) in [6.45, 7) is 0.775. The number of halogens is 6. The molecule has 0 amide bonds. The van der Waals surface area contributed by atoms with Crippen LogP contribution in [0.5, 0.6) is 0 Å². The molecule has 9 heteroatoms. The lowest BCUT2D eigenvalue weighted by Crippen LogP contribution is -2.05. The Labute approximate surface area is 196 Å². The van der Waals surface area contributed by atoms with Crippen LogP contribution in [0.1, 0.15) is 68.1 Å². The van der Waals surface area contributed by atoms with E-state index in [9.17, 15) is 31.1 Å². The van der Waals surface area contributed by atoms with Gasteiger partial charge in [0.05, 0.1) is 16.8 Å². The SMILES string of the molecule is NCCCCCCCCCCc1cccc(C(F)(F)F)c1.O=C=Nc1cccc(C(F)(F)F)c1. The molecule has 0 bridgehead atoms. The maximum absolute atomic E-state index is 12.6. The quantitative estimate of drug-likeness (QED) is 0.151. The van der Waals surface area contributed by atoms with Crippen LogP contribution in [-0.2, 0) is 23.6 Å². The lowest BCUT2D eigenvalue weighted by molar-refractivity contribution is -0.138. The molecule has 0 atom stereocenters. The highest BCUT2D eigenvalue weighted by Gasteiger charge is 2.31. The van der Waals surface area contributed by atoms with Crippen LogP contribution in [0.25, 0.3) is 0 Å². The summed E-state index contributed by atoms with van der Waals surface area (Å²) in [7, 11) is 0. The zero-order valence-electron chi connectivity index (χ0n) is 18.9. The van der Waals surface area contributed by atoms with Crippen LogP contribution in [0.4, 0.5) is 32.0 Å². The number of rotatable bonds is 11. The molecule has 0 aliphatic carbocycles. The Hall–Kier alpha value is -2.64. The molecule has 2 aromatic carbocycles. The maximum atomic E-state index is 12.6. The number of aryl methyl sites for hydroxylation is 1. The number of nitrogens with zero attached hydrogens (tertiary/aromatic N) is 1. The molecule has 0 unspecified atom stereocenters. The van der Waals surface area contributed by atoms with Crippen LogP contribution in [0.15, 0.2) is 53.5 Å². The molecule has 0 saturated carbocycles. The molecule has 188 valence electrons. The molecule has 0 saturated heterocycles. The van der Waals surface area contributed by atoms with E-state index in [0.717, 1.165) is 56.0 Å². The standard InChI is InChI=1S/C17H26F3N.C8H4F3NO/c18-17(19,20)16-12-9-11-15(14-16)10-7-5-3-1-2-4-6-8-13-21;9-8(10,11)6-2-1-3-7(4-6)12-5-13/h9,11-12,14H,1-8,10,13,21H2;1-4H. The van der Waals surface area contributed by atoms with E-state index in [1.807, 2.05) is 0 Å². The highest BCUT2D eigenvalue weighted by molar-refractivity contribution is 5.50. The van der Waals surface area contributed by atoms with E-state index in [1.54, 1.807) is 6.07 Å². The average Bonchev–Trinajstić information content (AvgIpc) is 2.78. The van der Waals surface area contributed by atoms with Gasteiger partial charge in [-0.1, -0.05) is 62.8 Å². The van der Waals surface area contributed by atoms with Gasteiger partial charge in [0.15, 0.2) is 0 Å². The Bertz CT molecular complexity index is 889. The third-order valence-electron chi connectivity index (χ3n) is 5.02. The first-order valence-electron chi connectivity index (χ1n) is 11.2. The summed E-state index contributed by atoms with van der Waals surface area (Å²) in [5.74, 6) is 0. The van der Waals surface area contributed by atoms with Gasteiger partial charge in [0.2, 0.25) is 6.08 Å². The van der Waals surface area contributed by atoms with Crippen molar-refractivity contribution in [1.29, 1.82) is 0 Å². The van der Waals surface area contributed by atoms with Gasteiger partial charge in [0.1, 0.15) is 0 Å². The first-order chi connectivity index (χ1) is 16.1. The van der Waals surface area contributed by atoms with Crippen LogP contribution in [0, 0.1) is 0 Å². The van der Waals surface area contributed by atoms with Crippen molar-refractivity contribution >= 4 is 11.8 Å². The summed E-state index contributed by atoms with van der Waals surface area (Å²) in [4.78, 5) is 12.8. The molecule has 2 aromatic rings. The fourth-order valence-electron chi connectivity index (χ4n) is 3.24. The normalized spacial score (nSPS) is 11.4. The number of aliphatic imine (C=N–C) groups is 1. The third kappa shape index (κ3) is 12.6. The number of alkyl halides is 6. The third-order valence-corrected chi connectivity index (χ3v) is 5.02. The van der Waals surface area contributed by atoms with E-state index >= 15 is 0 Å². The van der Waals surface area contributed by atoms with Crippen molar-refractivity contribution in [3.05, 3.63) is 65.2 Å². The van der Waals surface area contributed by atoms with Crippen molar-refractivity contribution < 1.29 is 31.1 Å². The molecule has 0 aliphatic rings. The van der Waals surface area contributed by atoms with Crippen molar-refractivity contribution in [2.24, 2.45) is 10.7 Å². The molecule has 0 aromatic heterocycles. The van der Waals surface area contributed by atoms with E-state index in [2.05, 4.69) is 4.99 Å². The van der Waals surface area contributed by atoms with Crippen LogP contribution < -0.4 is 5.73 Å². The van der Waals surface area contributed by atoms with Gasteiger partial charge >= 0.3 is 12.4 Å². The van der Waals surface area contributed by atoms with Gasteiger partial charge in [0.25, 0.3) is 0 Å². The van der Waals surface area contributed by atoms with Gasteiger partial charge in [-0.15, -0.1) is 0 Å². The zero-order valence-corrected chi connectivity index (χ0v) is 18.9. The molecule has 0 aliphatic heterocycles. The number of unbranched alkanes of at least 4 members (excludes halogenated alkanes) is 7. The second kappa shape index (κ2) is 15.3. The van der Waals surface area contributed by atoms with Crippen molar-refractivity contribution in [1.82, 2.24) is 0 Å². The van der Waals surface area contributed by atoms with E-state index in [4.69, 9.17) is 5.73 Å². The maximum Gasteiger partial charge on any atom is 0.416 e. The van der Waals surface area contributed by atoms with E-state index < -0.39 is 23.5 Å². The molecular formula is C25H30F6N2O. The van der Waals surface area contributed by atoms with Gasteiger partial charge in [-0.25, -0.2) is 4.79 Å². The Morgan fingerprint density at radius 1 is 0.706 bits per heavy atom. The first-order valence-corrected chi connectivity index (χ1v) is 11.2. The number of hydrogen-bond acceptors (Lipinski definition) is 3. The molecule has 0 heterocycles. The van der Waals surface area contributed by atoms with Crippen LogP contribution in [-0.4, -0.2) is 12.6 Å². The molecular weight excluding hydrogens is 458 g/mol. The predicted octanol–water partition coefficient (Wildman–Crippen LogP) is 8.00. The smallest absolute Gasteiger partial charge is 0.330 e. The van der Waals surface area contributed by atoms with E-state index in [0.29, 0.717) is 0 Å². The summed E-state index contributed by atoms with van der Waals surface area (Å²) in [6, 6.07) is 9.84. The van der Waals surface area contributed by atoms with Gasteiger partial charge < -0.3 is 5.73 Å². The van der Waals surface area contributed by atoms with Crippen LogP contribution in [0.3, 0.4) is 0 Å². The van der Waals surface area contributed by atoms with Gasteiger partial charge in [-0.05, 0) is 55.6 Å². The summed E-state index contributed by atoms with van der Waals surface area (Å²) >= 11 is 0. The summed E-state index contributed by atoms with van der Waals surface area (Å²) in [6.07, 6.45) is 2.49. The Kier molecular flexibility index (Phi) is 13.2.